The molecule has 1 fully saturated rings. The highest BCUT2D eigenvalue weighted by Crippen LogP contribution is 2.40. The summed E-state index contributed by atoms with van der Waals surface area (Å²) in [6.07, 6.45) is 5.94. The molecule has 6 nitrogen and oxygen atoms in total. The summed E-state index contributed by atoms with van der Waals surface area (Å²) in [5, 5.41) is 12.9. The molecule has 7 heteroatoms. The second kappa shape index (κ2) is 5.26. The molecule has 0 bridgehead atoms. The molecule has 2 atom stereocenters. The van der Waals surface area contributed by atoms with Gasteiger partial charge in [-0.1, -0.05) is 17.8 Å². The number of rotatable bonds is 5. The summed E-state index contributed by atoms with van der Waals surface area (Å²) in [5.41, 5.74) is 7.21. The Morgan fingerprint density at radius 1 is 1.47 bits per heavy atom. The molecule has 0 radical (unpaired) electrons. The van der Waals surface area contributed by atoms with E-state index in [0.29, 0.717) is 6.04 Å². The highest BCUT2D eigenvalue weighted by Gasteiger charge is 2.30. The van der Waals surface area contributed by atoms with E-state index in [-0.39, 0.29) is 11.3 Å². The van der Waals surface area contributed by atoms with Crippen molar-refractivity contribution < 1.29 is 0 Å². The zero-order valence-corrected chi connectivity index (χ0v) is 11.5. The maximum Gasteiger partial charge on any atom is 0.210 e. The van der Waals surface area contributed by atoms with Gasteiger partial charge in [0.25, 0.3) is 0 Å². The lowest BCUT2D eigenvalue weighted by atomic mass is 10.1. The normalized spacial score (nSPS) is 18.2. The SMILES string of the molecule is CC(N)C(Sc1nnnn1C1CC1)c1cccnc1. The first-order valence-corrected chi connectivity index (χ1v) is 7.23. The average Bonchev–Trinajstić information content (AvgIpc) is 3.16. The molecule has 3 rings (SSSR count). The maximum absolute atomic E-state index is 6.10. The second-order valence-electron chi connectivity index (χ2n) is 4.82. The first-order chi connectivity index (χ1) is 9.25. The van der Waals surface area contributed by atoms with Crippen LogP contribution in [0.15, 0.2) is 29.7 Å². The number of tetrazole rings is 1. The Balaban J connectivity index is 1.83. The van der Waals surface area contributed by atoms with Crippen molar-refractivity contribution in [2.75, 3.05) is 0 Å². The van der Waals surface area contributed by atoms with Crippen molar-refractivity contribution in [3.05, 3.63) is 30.1 Å². The fraction of sp³-hybridized carbons (Fsp3) is 0.500. The predicted molar refractivity (Wildman–Crippen MR) is 72.6 cm³/mol. The molecule has 2 aromatic rings. The van der Waals surface area contributed by atoms with E-state index in [1.165, 1.54) is 0 Å². The van der Waals surface area contributed by atoms with E-state index in [1.807, 2.05) is 29.9 Å². The van der Waals surface area contributed by atoms with Gasteiger partial charge in [0.1, 0.15) is 0 Å². The van der Waals surface area contributed by atoms with Crippen LogP contribution < -0.4 is 5.73 Å². The molecule has 2 N–H and O–H groups in total. The van der Waals surface area contributed by atoms with E-state index in [2.05, 4.69) is 20.5 Å². The summed E-state index contributed by atoms with van der Waals surface area (Å²) in [6.45, 7) is 2.00. The highest BCUT2D eigenvalue weighted by molar-refractivity contribution is 7.99. The summed E-state index contributed by atoms with van der Waals surface area (Å²) in [6, 6.07) is 4.44. The third-order valence-electron chi connectivity index (χ3n) is 3.08. The quantitative estimate of drug-likeness (QED) is 0.835. The molecule has 19 heavy (non-hydrogen) atoms. The van der Waals surface area contributed by atoms with Gasteiger partial charge in [0.05, 0.1) is 11.3 Å². The van der Waals surface area contributed by atoms with Gasteiger partial charge in [-0.25, -0.2) is 4.68 Å². The van der Waals surface area contributed by atoms with Crippen LogP contribution >= 0.6 is 11.8 Å². The minimum absolute atomic E-state index is 0.00134. The number of hydrogen-bond acceptors (Lipinski definition) is 6. The summed E-state index contributed by atoms with van der Waals surface area (Å²) in [4.78, 5) is 4.16. The molecular formula is C12H16N6S. The van der Waals surface area contributed by atoms with E-state index in [9.17, 15) is 0 Å². The monoisotopic (exact) mass is 276 g/mol. The smallest absolute Gasteiger partial charge is 0.210 e. The van der Waals surface area contributed by atoms with Gasteiger partial charge in [-0.05, 0) is 41.8 Å². The zero-order chi connectivity index (χ0) is 13.2. The lowest BCUT2D eigenvalue weighted by Crippen LogP contribution is -2.23. The van der Waals surface area contributed by atoms with Gasteiger partial charge in [-0.15, -0.1) is 5.10 Å². The number of nitrogens with zero attached hydrogens (tertiary/aromatic N) is 5. The Bertz CT molecular complexity index is 536. The zero-order valence-electron chi connectivity index (χ0n) is 10.7. The molecule has 0 saturated heterocycles. The molecule has 2 aromatic heterocycles. The second-order valence-corrected chi connectivity index (χ2v) is 5.93. The molecule has 1 aliphatic rings. The summed E-state index contributed by atoms with van der Waals surface area (Å²) in [7, 11) is 0. The van der Waals surface area contributed by atoms with Gasteiger partial charge in [0, 0.05) is 18.4 Å². The van der Waals surface area contributed by atoms with Crippen LogP contribution in [0.25, 0.3) is 0 Å². The number of nitrogens with two attached hydrogens (primary N) is 1. The minimum atomic E-state index is -0.00134. The Morgan fingerprint density at radius 2 is 2.32 bits per heavy atom. The summed E-state index contributed by atoms with van der Waals surface area (Å²) in [5.74, 6) is 0. The van der Waals surface area contributed by atoms with Crippen LogP contribution in [0, 0.1) is 0 Å². The Morgan fingerprint density at radius 3 is 2.95 bits per heavy atom. The molecule has 0 spiro atoms. The van der Waals surface area contributed by atoms with Crippen molar-refractivity contribution in [3.8, 4) is 0 Å². The number of thioether (sulfide) groups is 1. The minimum Gasteiger partial charge on any atom is -0.327 e. The molecule has 0 aliphatic heterocycles. The van der Waals surface area contributed by atoms with Gasteiger partial charge in [-0.3, -0.25) is 4.98 Å². The molecule has 1 saturated carbocycles. The standard InChI is InChI=1S/C12H16N6S/c1-8(13)11(9-3-2-6-14-7-9)19-12-15-16-17-18(12)10-4-5-10/h2-3,6-8,10-11H,4-5,13H2,1H3. The molecule has 100 valence electrons. The largest absolute Gasteiger partial charge is 0.327 e. The van der Waals surface area contributed by atoms with Crippen LogP contribution in [-0.2, 0) is 0 Å². The summed E-state index contributed by atoms with van der Waals surface area (Å²) >= 11 is 1.61. The topological polar surface area (TPSA) is 82.5 Å². The number of pyridine rings is 1. The van der Waals surface area contributed by atoms with E-state index >= 15 is 0 Å². The van der Waals surface area contributed by atoms with E-state index in [4.69, 9.17) is 5.73 Å². The van der Waals surface area contributed by atoms with Crippen molar-refractivity contribution in [2.45, 2.75) is 42.3 Å². The predicted octanol–water partition coefficient (Wildman–Crippen LogP) is 1.58. The van der Waals surface area contributed by atoms with Gasteiger partial charge in [0.15, 0.2) is 0 Å². The van der Waals surface area contributed by atoms with Crippen LogP contribution in [0.3, 0.4) is 0 Å². The Hall–Kier alpha value is -1.47. The lowest BCUT2D eigenvalue weighted by molar-refractivity contribution is 0.563. The fourth-order valence-electron chi connectivity index (χ4n) is 1.95. The Labute approximate surface area is 115 Å². The van der Waals surface area contributed by atoms with Crippen LogP contribution in [0.4, 0.5) is 0 Å². The average molecular weight is 276 g/mol. The van der Waals surface area contributed by atoms with Crippen molar-refractivity contribution in [1.82, 2.24) is 25.2 Å². The Kier molecular flexibility index (Phi) is 3.48. The van der Waals surface area contributed by atoms with Crippen LogP contribution in [0.5, 0.6) is 0 Å². The van der Waals surface area contributed by atoms with Crippen LogP contribution in [0.1, 0.15) is 36.6 Å². The van der Waals surface area contributed by atoms with Gasteiger partial charge in [0.2, 0.25) is 5.16 Å². The maximum atomic E-state index is 6.10. The van der Waals surface area contributed by atoms with Crippen molar-refractivity contribution >= 4 is 11.8 Å². The third kappa shape index (κ3) is 2.76. The molecule has 1 aliphatic carbocycles. The highest BCUT2D eigenvalue weighted by atomic mass is 32.2. The van der Waals surface area contributed by atoms with Crippen LogP contribution in [-0.4, -0.2) is 31.2 Å². The molecule has 0 amide bonds. The van der Waals surface area contributed by atoms with Gasteiger partial charge in [-0.2, -0.15) is 0 Å². The van der Waals surface area contributed by atoms with Crippen molar-refractivity contribution in [2.24, 2.45) is 5.73 Å². The molecule has 2 heterocycles. The molecule has 2 unspecified atom stereocenters. The van der Waals surface area contributed by atoms with Crippen molar-refractivity contribution in [3.63, 3.8) is 0 Å². The van der Waals surface area contributed by atoms with E-state index < -0.39 is 0 Å². The number of hydrogen-bond donors (Lipinski definition) is 1. The van der Waals surface area contributed by atoms with Gasteiger partial charge >= 0.3 is 0 Å². The molecular weight excluding hydrogens is 260 g/mol. The van der Waals surface area contributed by atoms with E-state index in [1.54, 1.807) is 18.0 Å². The first kappa shape index (κ1) is 12.6. The van der Waals surface area contributed by atoms with E-state index in [0.717, 1.165) is 23.6 Å². The molecule has 0 aromatic carbocycles. The lowest BCUT2D eigenvalue weighted by Gasteiger charge is -2.19. The van der Waals surface area contributed by atoms with Crippen LogP contribution in [0.2, 0.25) is 0 Å². The first-order valence-electron chi connectivity index (χ1n) is 6.35. The third-order valence-corrected chi connectivity index (χ3v) is 4.51. The summed E-state index contributed by atoms with van der Waals surface area (Å²) < 4.78 is 1.91. The number of aromatic nitrogens is 5. The fourth-order valence-corrected chi connectivity index (χ4v) is 3.04. The van der Waals surface area contributed by atoms with Crippen molar-refractivity contribution in [1.29, 1.82) is 0 Å². The van der Waals surface area contributed by atoms with Gasteiger partial charge < -0.3 is 5.73 Å².